The Labute approximate surface area is 116 Å². The number of methoxy groups -OCH3 is 1. The SMILES string of the molecule is COc1c(Cl)ncnc1N(C)c1cccc(C#N)c1. The van der Waals surface area contributed by atoms with Crippen molar-refractivity contribution in [3.05, 3.63) is 41.3 Å². The van der Waals surface area contributed by atoms with Crippen molar-refractivity contribution in [1.82, 2.24) is 9.97 Å². The molecule has 0 bridgehead atoms. The van der Waals surface area contributed by atoms with Gasteiger partial charge in [0.25, 0.3) is 0 Å². The molecule has 0 spiro atoms. The molecule has 96 valence electrons. The normalized spacial score (nSPS) is 9.79. The molecule has 0 aliphatic heterocycles. The second kappa shape index (κ2) is 5.55. The Kier molecular flexibility index (Phi) is 3.83. The minimum absolute atomic E-state index is 0.246. The molecule has 0 radical (unpaired) electrons. The number of nitrogens with zero attached hydrogens (tertiary/aromatic N) is 4. The number of hydrogen-bond donors (Lipinski definition) is 0. The standard InChI is InChI=1S/C13H11ClN4O/c1-18(10-5-3-4-9(6-10)7-15)13-11(19-2)12(14)16-8-17-13/h3-6,8H,1-2H3. The largest absolute Gasteiger partial charge is 0.490 e. The molecule has 0 saturated heterocycles. The van der Waals surface area contributed by atoms with E-state index in [1.807, 2.05) is 13.1 Å². The molecule has 2 rings (SSSR count). The molecule has 5 nitrogen and oxygen atoms in total. The smallest absolute Gasteiger partial charge is 0.199 e. The van der Waals surface area contributed by atoms with Gasteiger partial charge in [0.1, 0.15) is 6.33 Å². The molecule has 0 saturated carbocycles. The van der Waals surface area contributed by atoms with Crippen LogP contribution in [0.25, 0.3) is 0 Å². The summed E-state index contributed by atoms with van der Waals surface area (Å²) < 4.78 is 5.21. The average Bonchev–Trinajstić information content (AvgIpc) is 2.46. The fraction of sp³-hybridized carbons (Fsp3) is 0.154. The Bertz CT molecular complexity index is 639. The number of hydrogen-bond acceptors (Lipinski definition) is 5. The molecule has 1 aromatic carbocycles. The van der Waals surface area contributed by atoms with Crippen molar-refractivity contribution < 1.29 is 4.74 Å². The summed E-state index contributed by atoms with van der Waals surface area (Å²) in [5, 5.41) is 9.17. The first-order valence-corrected chi connectivity index (χ1v) is 5.83. The average molecular weight is 275 g/mol. The van der Waals surface area contributed by atoms with Gasteiger partial charge in [-0.15, -0.1) is 0 Å². The molecular weight excluding hydrogens is 264 g/mol. The lowest BCUT2D eigenvalue weighted by molar-refractivity contribution is 0.412. The van der Waals surface area contributed by atoms with Crippen LogP contribution in [0.1, 0.15) is 5.56 Å². The highest BCUT2D eigenvalue weighted by Gasteiger charge is 2.15. The monoisotopic (exact) mass is 274 g/mol. The van der Waals surface area contributed by atoms with Crippen molar-refractivity contribution in [2.45, 2.75) is 0 Å². The van der Waals surface area contributed by atoms with E-state index in [0.717, 1.165) is 5.69 Å². The fourth-order valence-electron chi connectivity index (χ4n) is 1.66. The quantitative estimate of drug-likeness (QED) is 0.806. The van der Waals surface area contributed by atoms with Crippen LogP contribution in [-0.2, 0) is 0 Å². The van der Waals surface area contributed by atoms with Gasteiger partial charge in [0.15, 0.2) is 16.7 Å². The summed E-state index contributed by atoms with van der Waals surface area (Å²) in [5.74, 6) is 0.937. The third-order valence-corrected chi connectivity index (χ3v) is 2.90. The third-order valence-electron chi connectivity index (χ3n) is 2.63. The molecule has 19 heavy (non-hydrogen) atoms. The van der Waals surface area contributed by atoms with Gasteiger partial charge < -0.3 is 9.64 Å². The third kappa shape index (κ3) is 2.59. The number of ether oxygens (including phenoxy) is 1. The van der Waals surface area contributed by atoms with E-state index >= 15 is 0 Å². The predicted octanol–water partition coefficient (Wildman–Crippen LogP) is 2.78. The van der Waals surface area contributed by atoms with Crippen molar-refractivity contribution in [3.8, 4) is 11.8 Å². The molecule has 2 aromatic rings. The van der Waals surface area contributed by atoms with Gasteiger partial charge in [0.05, 0.1) is 18.7 Å². The topological polar surface area (TPSA) is 62.0 Å². The molecule has 0 N–H and O–H groups in total. The zero-order chi connectivity index (χ0) is 13.8. The summed E-state index contributed by atoms with van der Waals surface area (Å²) >= 11 is 5.96. The Balaban J connectivity index is 2.47. The van der Waals surface area contributed by atoms with Gasteiger partial charge in [-0.25, -0.2) is 9.97 Å². The van der Waals surface area contributed by atoms with Crippen molar-refractivity contribution in [1.29, 1.82) is 5.26 Å². The van der Waals surface area contributed by atoms with Gasteiger partial charge in [-0.2, -0.15) is 5.26 Å². The van der Waals surface area contributed by atoms with Gasteiger partial charge in [0, 0.05) is 12.7 Å². The summed E-state index contributed by atoms with van der Waals surface area (Å²) in [6.07, 6.45) is 1.37. The lowest BCUT2D eigenvalue weighted by Crippen LogP contribution is -2.13. The van der Waals surface area contributed by atoms with Crippen LogP contribution in [-0.4, -0.2) is 24.1 Å². The lowest BCUT2D eigenvalue weighted by atomic mass is 10.2. The minimum Gasteiger partial charge on any atom is -0.490 e. The highest BCUT2D eigenvalue weighted by molar-refractivity contribution is 6.31. The Morgan fingerprint density at radius 1 is 1.37 bits per heavy atom. The van der Waals surface area contributed by atoms with E-state index in [2.05, 4.69) is 16.0 Å². The Morgan fingerprint density at radius 3 is 2.84 bits per heavy atom. The summed E-state index contributed by atoms with van der Waals surface area (Å²) in [6, 6.07) is 9.27. The minimum atomic E-state index is 0.246. The van der Waals surface area contributed by atoms with Gasteiger partial charge in [-0.1, -0.05) is 17.7 Å². The van der Waals surface area contributed by atoms with Crippen LogP contribution in [0.15, 0.2) is 30.6 Å². The summed E-state index contributed by atoms with van der Waals surface area (Å²) in [5.41, 5.74) is 1.38. The van der Waals surface area contributed by atoms with Crippen molar-refractivity contribution in [3.63, 3.8) is 0 Å². The van der Waals surface area contributed by atoms with E-state index in [1.54, 1.807) is 23.1 Å². The number of halogens is 1. The zero-order valence-electron chi connectivity index (χ0n) is 10.5. The summed E-state index contributed by atoms with van der Waals surface area (Å²) in [4.78, 5) is 9.82. The van der Waals surface area contributed by atoms with Crippen LogP contribution in [0.5, 0.6) is 5.75 Å². The molecule has 0 aliphatic rings. The van der Waals surface area contributed by atoms with E-state index < -0.39 is 0 Å². The van der Waals surface area contributed by atoms with E-state index in [0.29, 0.717) is 17.1 Å². The molecule has 0 fully saturated rings. The van der Waals surface area contributed by atoms with Crippen LogP contribution >= 0.6 is 11.6 Å². The highest BCUT2D eigenvalue weighted by atomic mass is 35.5. The van der Waals surface area contributed by atoms with E-state index in [9.17, 15) is 0 Å². The van der Waals surface area contributed by atoms with Crippen LogP contribution < -0.4 is 9.64 Å². The van der Waals surface area contributed by atoms with E-state index in [1.165, 1.54) is 13.4 Å². The Hall–Kier alpha value is -2.32. The van der Waals surface area contributed by atoms with Crippen molar-refractivity contribution in [2.75, 3.05) is 19.1 Å². The maximum atomic E-state index is 8.92. The Morgan fingerprint density at radius 2 is 2.16 bits per heavy atom. The van der Waals surface area contributed by atoms with Gasteiger partial charge >= 0.3 is 0 Å². The second-order valence-electron chi connectivity index (χ2n) is 3.74. The predicted molar refractivity (Wildman–Crippen MR) is 72.8 cm³/mol. The lowest BCUT2D eigenvalue weighted by Gasteiger charge is -2.20. The first-order valence-electron chi connectivity index (χ1n) is 5.45. The van der Waals surface area contributed by atoms with Crippen LogP contribution in [0.2, 0.25) is 5.15 Å². The molecule has 1 heterocycles. The number of anilines is 2. The number of rotatable bonds is 3. The number of nitriles is 1. The number of benzene rings is 1. The van der Waals surface area contributed by atoms with Crippen molar-refractivity contribution in [2.24, 2.45) is 0 Å². The molecule has 1 aromatic heterocycles. The summed E-state index contributed by atoms with van der Waals surface area (Å²) in [6.45, 7) is 0. The van der Waals surface area contributed by atoms with Crippen LogP contribution in [0.3, 0.4) is 0 Å². The summed E-state index contributed by atoms with van der Waals surface area (Å²) in [7, 11) is 3.32. The molecule has 0 unspecified atom stereocenters. The van der Waals surface area contributed by atoms with Gasteiger partial charge in [0.2, 0.25) is 0 Å². The first-order chi connectivity index (χ1) is 9.17. The van der Waals surface area contributed by atoms with Crippen molar-refractivity contribution >= 4 is 23.1 Å². The molecular formula is C13H11ClN4O. The van der Waals surface area contributed by atoms with E-state index in [4.69, 9.17) is 21.6 Å². The van der Waals surface area contributed by atoms with Gasteiger partial charge in [-0.05, 0) is 18.2 Å². The maximum absolute atomic E-state index is 8.92. The fourth-order valence-corrected chi connectivity index (χ4v) is 1.87. The molecule has 6 heteroatoms. The first kappa shape index (κ1) is 13.1. The molecule has 0 aliphatic carbocycles. The van der Waals surface area contributed by atoms with Gasteiger partial charge in [-0.3, -0.25) is 0 Å². The highest BCUT2D eigenvalue weighted by Crippen LogP contribution is 2.34. The van der Waals surface area contributed by atoms with Crippen LogP contribution in [0, 0.1) is 11.3 Å². The molecule has 0 amide bonds. The number of aromatic nitrogens is 2. The zero-order valence-corrected chi connectivity index (χ0v) is 11.2. The second-order valence-corrected chi connectivity index (χ2v) is 4.10. The van der Waals surface area contributed by atoms with Crippen LogP contribution in [0.4, 0.5) is 11.5 Å². The van der Waals surface area contributed by atoms with E-state index in [-0.39, 0.29) is 5.15 Å². The molecule has 0 atom stereocenters. The maximum Gasteiger partial charge on any atom is 0.199 e.